The van der Waals surface area contributed by atoms with E-state index in [1.165, 1.54) is 0 Å². The van der Waals surface area contributed by atoms with E-state index in [0.717, 1.165) is 45.0 Å². The van der Waals surface area contributed by atoms with Crippen LogP contribution in [0.3, 0.4) is 0 Å². The van der Waals surface area contributed by atoms with Gasteiger partial charge in [0.25, 0.3) is 5.91 Å². The van der Waals surface area contributed by atoms with Crippen molar-refractivity contribution in [1.29, 1.82) is 0 Å². The van der Waals surface area contributed by atoms with Crippen molar-refractivity contribution in [3.05, 3.63) is 46.4 Å². The van der Waals surface area contributed by atoms with Gasteiger partial charge in [-0.15, -0.1) is 0 Å². The largest absolute Gasteiger partial charge is 0.379 e. The molecule has 2 N–H and O–H groups in total. The Bertz CT molecular complexity index is 809. The van der Waals surface area contributed by atoms with Crippen molar-refractivity contribution in [3.63, 3.8) is 0 Å². The number of rotatable bonds is 6. The Kier molecular flexibility index (Phi) is 6.60. The van der Waals surface area contributed by atoms with Crippen LogP contribution in [-0.2, 0) is 4.74 Å². The summed E-state index contributed by atoms with van der Waals surface area (Å²) in [5.74, 6) is 0.887. The maximum atomic E-state index is 12.5. The van der Waals surface area contributed by atoms with Gasteiger partial charge in [-0.1, -0.05) is 17.7 Å². The van der Waals surface area contributed by atoms with Gasteiger partial charge in [-0.2, -0.15) is 0 Å². The van der Waals surface area contributed by atoms with Gasteiger partial charge < -0.3 is 15.4 Å². The molecule has 27 heavy (non-hydrogen) atoms. The molecular formula is C19H24ClN5O2. The minimum absolute atomic E-state index is 0.295. The summed E-state index contributed by atoms with van der Waals surface area (Å²) in [6.45, 7) is 8.76. The number of benzene rings is 1. The molecule has 0 atom stereocenters. The zero-order valence-electron chi connectivity index (χ0n) is 15.6. The van der Waals surface area contributed by atoms with E-state index in [-0.39, 0.29) is 5.91 Å². The average molecular weight is 390 g/mol. The van der Waals surface area contributed by atoms with E-state index in [9.17, 15) is 4.79 Å². The molecule has 3 rings (SSSR count). The molecule has 0 radical (unpaired) electrons. The number of aryl methyl sites for hydroxylation is 2. The first-order chi connectivity index (χ1) is 13.0. The highest BCUT2D eigenvalue weighted by Gasteiger charge is 2.13. The predicted molar refractivity (Wildman–Crippen MR) is 107 cm³/mol. The molecule has 7 nitrogen and oxygen atoms in total. The maximum absolute atomic E-state index is 12.5. The normalized spacial score (nSPS) is 14.8. The molecule has 0 spiro atoms. The molecule has 8 heteroatoms. The van der Waals surface area contributed by atoms with Crippen LogP contribution in [-0.4, -0.2) is 60.2 Å². The molecule has 0 bridgehead atoms. The van der Waals surface area contributed by atoms with Crippen molar-refractivity contribution < 1.29 is 9.53 Å². The Hall–Kier alpha value is -2.22. The number of halogens is 1. The van der Waals surface area contributed by atoms with Crippen molar-refractivity contribution in [2.24, 2.45) is 0 Å². The Labute approximate surface area is 164 Å². The Morgan fingerprint density at radius 3 is 2.74 bits per heavy atom. The van der Waals surface area contributed by atoms with Gasteiger partial charge in [0.15, 0.2) is 0 Å². The first-order valence-electron chi connectivity index (χ1n) is 8.98. The maximum Gasteiger partial charge on any atom is 0.274 e. The van der Waals surface area contributed by atoms with Crippen molar-refractivity contribution in [3.8, 4) is 0 Å². The Morgan fingerprint density at radius 1 is 1.22 bits per heavy atom. The Balaban J connectivity index is 1.61. The van der Waals surface area contributed by atoms with Crippen molar-refractivity contribution in [1.82, 2.24) is 14.9 Å². The summed E-state index contributed by atoms with van der Waals surface area (Å²) in [6.07, 6.45) is 0. The number of hydrogen-bond acceptors (Lipinski definition) is 6. The highest BCUT2D eigenvalue weighted by atomic mass is 35.5. The lowest BCUT2D eigenvalue weighted by molar-refractivity contribution is 0.0398. The van der Waals surface area contributed by atoms with Crippen LogP contribution in [0.5, 0.6) is 0 Å². The highest BCUT2D eigenvalue weighted by molar-refractivity contribution is 6.31. The summed E-state index contributed by atoms with van der Waals surface area (Å²) in [5.41, 5.74) is 1.90. The van der Waals surface area contributed by atoms with E-state index in [2.05, 4.69) is 25.5 Å². The van der Waals surface area contributed by atoms with Crippen LogP contribution in [0.4, 0.5) is 11.5 Å². The molecule has 1 fully saturated rings. The molecule has 1 amide bonds. The summed E-state index contributed by atoms with van der Waals surface area (Å²) in [6, 6.07) is 7.07. The molecule has 1 aliphatic rings. The molecule has 0 saturated carbocycles. The van der Waals surface area contributed by atoms with Gasteiger partial charge in [-0.3, -0.25) is 9.69 Å². The SMILES string of the molecule is Cc1nc(NCCN2CCOCC2)cc(C(=O)Nc2ccc(C)c(Cl)c2)n1. The number of aromatic nitrogens is 2. The molecule has 144 valence electrons. The van der Waals surface area contributed by atoms with Crippen LogP contribution < -0.4 is 10.6 Å². The van der Waals surface area contributed by atoms with E-state index in [1.807, 2.05) is 19.1 Å². The fourth-order valence-electron chi connectivity index (χ4n) is 2.81. The molecule has 2 aromatic rings. The highest BCUT2D eigenvalue weighted by Crippen LogP contribution is 2.20. The zero-order chi connectivity index (χ0) is 19.2. The van der Waals surface area contributed by atoms with E-state index < -0.39 is 0 Å². The number of anilines is 2. The summed E-state index contributed by atoms with van der Waals surface area (Å²) in [4.78, 5) is 23.5. The molecule has 1 aliphatic heterocycles. The molecular weight excluding hydrogens is 366 g/mol. The van der Waals surface area contributed by atoms with Crippen LogP contribution in [0.2, 0.25) is 5.02 Å². The molecule has 0 aliphatic carbocycles. The second-order valence-corrected chi connectivity index (χ2v) is 6.89. The third-order valence-corrected chi connectivity index (χ3v) is 4.75. The Morgan fingerprint density at radius 2 is 2.00 bits per heavy atom. The van der Waals surface area contributed by atoms with Gasteiger partial charge in [0.2, 0.25) is 0 Å². The molecule has 0 unspecified atom stereocenters. The van der Waals surface area contributed by atoms with Gasteiger partial charge in [-0.05, 0) is 31.5 Å². The molecule has 1 aromatic carbocycles. The number of nitrogens with zero attached hydrogens (tertiary/aromatic N) is 3. The summed E-state index contributed by atoms with van der Waals surface area (Å²) < 4.78 is 5.35. The quantitative estimate of drug-likeness (QED) is 0.790. The minimum Gasteiger partial charge on any atom is -0.379 e. The minimum atomic E-state index is -0.295. The third-order valence-electron chi connectivity index (χ3n) is 4.34. The second kappa shape index (κ2) is 9.12. The number of ether oxygens (including phenoxy) is 1. The average Bonchev–Trinajstić information content (AvgIpc) is 2.65. The monoisotopic (exact) mass is 389 g/mol. The fraction of sp³-hybridized carbons (Fsp3) is 0.421. The number of nitrogens with one attached hydrogen (secondary N) is 2. The van der Waals surface area contributed by atoms with Crippen molar-refractivity contribution in [2.75, 3.05) is 50.0 Å². The smallest absolute Gasteiger partial charge is 0.274 e. The lowest BCUT2D eigenvalue weighted by Crippen LogP contribution is -2.39. The van der Waals surface area contributed by atoms with E-state index in [1.54, 1.807) is 19.1 Å². The van der Waals surface area contributed by atoms with E-state index in [0.29, 0.717) is 28.0 Å². The van der Waals surface area contributed by atoms with Crippen LogP contribution >= 0.6 is 11.6 Å². The summed E-state index contributed by atoms with van der Waals surface area (Å²) >= 11 is 6.12. The van der Waals surface area contributed by atoms with Crippen molar-refractivity contribution in [2.45, 2.75) is 13.8 Å². The third kappa shape index (κ3) is 5.63. The van der Waals surface area contributed by atoms with Gasteiger partial charge in [0, 0.05) is 43.0 Å². The van der Waals surface area contributed by atoms with Crippen molar-refractivity contribution >= 4 is 29.0 Å². The van der Waals surface area contributed by atoms with Gasteiger partial charge >= 0.3 is 0 Å². The number of carbonyl (C=O) groups is 1. The van der Waals surface area contributed by atoms with Gasteiger partial charge in [0.05, 0.1) is 13.2 Å². The van der Waals surface area contributed by atoms with Gasteiger partial charge in [0.1, 0.15) is 17.3 Å². The van der Waals surface area contributed by atoms with Crippen LogP contribution in [0.15, 0.2) is 24.3 Å². The molecule has 1 saturated heterocycles. The second-order valence-electron chi connectivity index (χ2n) is 6.48. The summed E-state index contributed by atoms with van der Waals surface area (Å²) in [7, 11) is 0. The first-order valence-corrected chi connectivity index (χ1v) is 9.36. The zero-order valence-corrected chi connectivity index (χ0v) is 16.3. The number of carbonyl (C=O) groups excluding carboxylic acids is 1. The standard InChI is InChI=1S/C19H24ClN5O2/c1-13-3-4-15(11-16(13)20)24-19(26)17-12-18(23-14(2)22-17)21-5-6-25-7-9-27-10-8-25/h3-4,11-12H,5-10H2,1-2H3,(H,24,26)(H,21,22,23). The van der Waals surface area contributed by atoms with Gasteiger partial charge in [-0.25, -0.2) is 9.97 Å². The first kappa shape index (κ1) is 19.5. The van der Waals surface area contributed by atoms with Crippen LogP contribution in [0.1, 0.15) is 21.9 Å². The fourth-order valence-corrected chi connectivity index (χ4v) is 2.99. The number of hydrogen-bond donors (Lipinski definition) is 2. The molecule has 1 aromatic heterocycles. The summed E-state index contributed by atoms with van der Waals surface area (Å²) in [5, 5.41) is 6.71. The topological polar surface area (TPSA) is 79.4 Å². The van der Waals surface area contributed by atoms with Crippen LogP contribution in [0, 0.1) is 13.8 Å². The predicted octanol–water partition coefficient (Wildman–Crippen LogP) is 2.74. The van der Waals surface area contributed by atoms with E-state index in [4.69, 9.17) is 16.3 Å². The molecule has 2 heterocycles. The lowest BCUT2D eigenvalue weighted by atomic mass is 10.2. The lowest BCUT2D eigenvalue weighted by Gasteiger charge is -2.26. The number of morpholine rings is 1. The van der Waals surface area contributed by atoms with Crippen LogP contribution in [0.25, 0.3) is 0 Å². The van der Waals surface area contributed by atoms with E-state index >= 15 is 0 Å². The number of amides is 1.